The molecule has 0 unspecified atom stereocenters. The molecule has 1 amide bonds. The van der Waals surface area contributed by atoms with Crippen molar-refractivity contribution in [2.75, 3.05) is 26.6 Å². The summed E-state index contributed by atoms with van der Waals surface area (Å²) in [6, 6.07) is 6.14. The van der Waals surface area contributed by atoms with Crippen LogP contribution in [0.3, 0.4) is 0 Å². The van der Waals surface area contributed by atoms with Crippen molar-refractivity contribution in [3.63, 3.8) is 0 Å². The van der Waals surface area contributed by atoms with Crippen LogP contribution in [0, 0.1) is 10.8 Å². The molecule has 2 bridgehead atoms. The second kappa shape index (κ2) is 10.5. The van der Waals surface area contributed by atoms with Crippen LogP contribution in [0.4, 0.5) is 0 Å². The number of hydrogen-bond donors (Lipinski definition) is 2. The number of nitrogens with one attached hydrogen (secondary N) is 1. The number of fused-ring (bicyclic) bond motifs is 4. The predicted octanol–water partition coefficient (Wildman–Crippen LogP) is -0.155. The molecule has 5 aliphatic rings. The zero-order valence-electron chi connectivity index (χ0n) is 22.6. The molecule has 1 aromatic carbocycles. The van der Waals surface area contributed by atoms with Gasteiger partial charge in [-0.3, -0.25) is 14.4 Å². The van der Waals surface area contributed by atoms with Gasteiger partial charge < -0.3 is 34.1 Å². The molecule has 220 valence electrons. The SMILES string of the molecule is CC1(C)COC(=O)[C@@H]1OC(=O)C=Cc1cccc(CN2O[C@@H]3[C@H]4OCO[C@H]4[C@@H]4C[C@]3(C(=O)NCCO)[C@@H]2C(=O)O4)c1. The molecule has 13 nitrogen and oxygen atoms in total. The maximum absolute atomic E-state index is 13.6. The minimum atomic E-state index is -1.29. The number of hydrogen-bond acceptors (Lipinski definition) is 12. The number of hydroxylamine groups is 2. The van der Waals surface area contributed by atoms with Crippen molar-refractivity contribution in [3.8, 4) is 0 Å². The van der Waals surface area contributed by atoms with Gasteiger partial charge in [-0.2, -0.15) is 5.06 Å². The first kappa shape index (κ1) is 27.8. The van der Waals surface area contributed by atoms with Crippen molar-refractivity contribution in [1.29, 1.82) is 0 Å². The molecule has 5 fully saturated rings. The van der Waals surface area contributed by atoms with Gasteiger partial charge in [-0.15, -0.1) is 0 Å². The molecule has 0 spiro atoms. The Hall–Kier alpha value is -3.36. The van der Waals surface area contributed by atoms with Crippen LogP contribution in [0.5, 0.6) is 0 Å². The van der Waals surface area contributed by atoms with Gasteiger partial charge in [0, 0.05) is 24.5 Å². The summed E-state index contributed by atoms with van der Waals surface area (Å²) >= 11 is 0. The Morgan fingerprint density at radius 1 is 1.20 bits per heavy atom. The third-order valence-electron chi connectivity index (χ3n) is 8.34. The standard InChI is InChI=1S/C28H32N2O11/c1-27(2)13-36-25(34)23(27)40-18(32)7-6-15-4-3-5-16(10-15)12-30-21-24(33)39-17-11-28(21,26(35)29-8-9-31)22(41-30)20-19(17)37-14-38-20/h3-7,10,17,19-23,31H,8-9,11-14H2,1-2H3,(H,29,35)/t17-,19-,20-,21-,22+,23-,28-/m0/s1. The lowest BCUT2D eigenvalue weighted by Crippen LogP contribution is -2.69. The highest BCUT2D eigenvalue weighted by atomic mass is 16.8. The highest BCUT2D eigenvalue weighted by Gasteiger charge is 2.74. The normalized spacial score (nSPS) is 35.2. The van der Waals surface area contributed by atoms with Crippen molar-refractivity contribution in [2.24, 2.45) is 10.8 Å². The fourth-order valence-electron chi connectivity index (χ4n) is 6.40. The van der Waals surface area contributed by atoms with E-state index in [2.05, 4.69) is 5.32 Å². The van der Waals surface area contributed by atoms with Crippen LogP contribution in [-0.2, 0) is 54.2 Å². The Kier molecular flexibility index (Phi) is 7.10. The van der Waals surface area contributed by atoms with E-state index in [-0.39, 0.29) is 39.5 Å². The highest BCUT2D eigenvalue weighted by molar-refractivity contribution is 5.93. The molecular formula is C28H32N2O11. The minimum Gasteiger partial charge on any atom is -0.462 e. The smallest absolute Gasteiger partial charge is 0.348 e. The average molecular weight is 573 g/mol. The first-order valence-corrected chi connectivity index (χ1v) is 13.5. The Morgan fingerprint density at radius 3 is 2.76 bits per heavy atom. The Labute approximate surface area is 235 Å². The van der Waals surface area contributed by atoms with Crippen LogP contribution < -0.4 is 5.32 Å². The summed E-state index contributed by atoms with van der Waals surface area (Å²) in [4.78, 5) is 57.5. The second-order valence-electron chi connectivity index (χ2n) is 11.6. The van der Waals surface area contributed by atoms with Gasteiger partial charge in [-0.1, -0.05) is 38.1 Å². The van der Waals surface area contributed by atoms with Gasteiger partial charge in [-0.25, -0.2) is 9.59 Å². The topological polar surface area (TPSA) is 159 Å². The van der Waals surface area contributed by atoms with Gasteiger partial charge in [0.05, 0.1) is 13.2 Å². The van der Waals surface area contributed by atoms with Crippen LogP contribution in [0.15, 0.2) is 30.3 Å². The van der Waals surface area contributed by atoms with Gasteiger partial charge in [0.25, 0.3) is 0 Å². The summed E-state index contributed by atoms with van der Waals surface area (Å²) in [7, 11) is 0. The van der Waals surface area contributed by atoms with Crippen LogP contribution in [0.2, 0.25) is 0 Å². The van der Waals surface area contributed by atoms with Crippen molar-refractivity contribution in [3.05, 3.63) is 41.5 Å². The monoisotopic (exact) mass is 572 g/mol. The number of amides is 1. The summed E-state index contributed by atoms with van der Waals surface area (Å²) in [6.45, 7) is 3.65. The number of esters is 3. The van der Waals surface area contributed by atoms with E-state index in [0.717, 1.165) is 5.56 Å². The lowest BCUT2D eigenvalue weighted by atomic mass is 9.62. The number of aliphatic hydroxyl groups is 1. The lowest BCUT2D eigenvalue weighted by Gasteiger charge is -2.48. The van der Waals surface area contributed by atoms with Gasteiger partial charge in [0.1, 0.15) is 43.2 Å². The molecule has 1 aliphatic carbocycles. The number of aliphatic hydroxyl groups excluding tert-OH is 1. The molecule has 1 aromatic rings. The first-order chi connectivity index (χ1) is 19.6. The summed E-state index contributed by atoms with van der Waals surface area (Å²) in [5, 5.41) is 13.5. The van der Waals surface area contributed by atoms with E-state index in [1.165, 1.54) is 11.1 Å². The molecule has 2 N–H and O–H groups in total. The largest absolute Gasteiger partial charge is 0.462 e. The zero-order chi connectivity index (χ0) is 28.9. The number of rotatable bonds is 8. The van der Waals surface area contributed by atoms with Crippen LogP contribution >= 0.6 is 0 Å². The summed E-state index contributed by atoms with van der Waals surface area (Å²) in [5.74, 6) is -2.25. The maximum Gasteiger partial charge on any atom is 0.348 e. The third-order valence-corrected chi connectivity index (χ3v) is 8.34. The number of carbonyl (C=O) groups is 4. The van der Waals surface area contributed by atoms with E-state index in [4.69, 9.17) is 28.5 Å². The number of cyclic esters (lactones) is 1. The van der Waals surface area contributed by atoms with Crippen molar-refractivity contribution in [1.82, 2.24) is 10.4 Å². The Balaban J connectivity index is 1.21. The van der Waals surface area contributed by atoms with E-state index in [1.807, 2.05) is 6.07 Å². The molecule has 4 saturated heterocycles. The molecule has 1 saturated carbocycles. The zero-order valence-corrected chi connectivity index (χ0v) is 22.6. The summed E-state index contributed by atoms with van der Waals surface area (Å²) < 4.78 is 27.6. The van der Waals surface area contributed by atoms with E-state index < -0.39 is 71.2 Å². The van der Waals surface area contributed by atoms with E-state index in [1.54, 1.807) is 38.1 Å². The fraction of sp³-hybridized carbons (Fsp3) is 0.571. The molecule has 13 heteroatoms. The molecule has 41 heavy (non-hydrogen) atoms. The second-order valence-corrected chi connectivity index (χ2v) is 11.6. The van der Waals surface area contributed by atoms with Crippen LogP contribution in [0.25, 0.3) is 6.08 Å². The van der Waals surface area contributed by atoms with Crippen molar-refractivity contribution in [2.45, 2.75) is 63.4 Å². The van der Waals surface area contributed by atoms with Gasteiger partial charge in [0.2, 0.25) is 12.0 Å². The Morgan fingerprint density at radius 2 is 2.00 bits per heavy atom. The number of ether oxygens (including phenoxy) is 5. The molecule has 7 atom stereocenters. The molecule has 6 rings (SSSR count). The molecule has 4 heterocycles. The molecule has 0 aromatic heterocycles. The van der Waals surface area contributed by atoms with E-state index in [0.29, 0.717) is 5.56 Å². The molecular weight excluding hydrogens is 540 g/mol. The quantitative estimate of drug-likeness (QED) is 0.241. The van der Waals surface area contributed by atoms with Gasteiger partial charge in [0.15, 0.2) is 6.04 Å². The first-order valence-electron chi connectivity index (χ1n) is 13.5. The highest BCUT2D eigenvalue weighted by Crippen LogP contribution is 2.55. The van der Waals surface area contributed by atoms with Crippen LogP contribution in [0.1, 0.15) is 31.4 Å². The summed E-state index contributed by atoms with van der Waals surface area (Å²) in [6.07, 6.45) is -0.608. The number of carbonyl (C=O) groups excluding carboxylic acids is 4. The fourth-order valence-corrected chi connectivity index (χ4v) is 6.40. The third kappa shape index (κ3) is 4.71. The molecule has 4 aliphatic heterocycles. The number of nitrogens with zero attached hydrogens (tertiary/aromatic N) is 1. The van der Waals surface area contributed by atoms with Gasteiger partial charge in [-0.05, 0) is 17.2 Å². The van der Waals surface area contributed by atoms with Crippen LogP contribution in [-0.4, -0.2) is 97.1 Å². The van der Waals surface area contributed by atoms with E-state index >= 15 is 0 Å². The summed E-state index contributed by atoms with van der Waals surface area (Å²) in [5.41, 5.74) is -0.504. The van der Waals surface area contributed by atoms with Gasteiger partial charge >= 0.3 is 17.9 Å². The number of benzene rings is 1. The van der Waals surface area contributed by atoms with Crippen molar-refractivity contribution >= 4 is 29.9 Å². The van der Waals surface area contributed by atoms with Crippen molar-refractivity contribution < 1.29 is 52.8 Å². The lowest BCUT2D eigenvalue weighted by molar-refractivity contribution is -0.201. The Bertz CT molecular complexity index is 1280. The van der Waals surface area contributed by atoms with E-state index in [9.17, 15) is 24.3 Å². The average Bonchev–Trinajstić information content (AvgIpc) is 3.63. The molecule has 0 radical (unpaired) electrons. The minimum absolute atomic E-state index is 0.00150. The predicted molar refractivity (Wildman–Crippen MR) is 136 cm³/mol. The maximum atomic E-state index is 13.6.